The number of aromatic hydroxyl groups is 1. The number of pyridine rings is 1. The molecule has 1 heterocycles. The molecule has 2 rings (SSSR count). The van der Waals surface area contributed by atoms with Crippen molar-refractivity contribution < 1.29 is 9.84 Å². The van der Waals surface area contributed by atoms with E-state index in [4.69, 9.17) is 10.5 Å². The van der Waals surface area contributed by atoms with Crippen molar-refractivity contribution in [3.05, 3.63) is 36.4 Å². The number of nitrogen functional groups attached to an aromatic ring is 1. The van der Waals surface area contributed by atoms with E-state index < -0.39 is 0 Å². The van der Waals surface area contributed by atoms with Gasteiger partial charge in [0.2, 0.25) is 0 Å². The van der Waals surface area contributed by atoms with Gasteiger partial charge in [0, 0.05) is 17.8 Å². The molecule has 0 aliphatic heterocycles. The number of methoxy groups -OCH3 is 1. The summed E-state index contributed by atoms with van der Waals surface area (Å²) in [4.78, 5) is 4.95. The van der Waals surface area contributed by atoms with Gasteiger partial charge in [-0.3, -0.25) is 0 Å². The molecule has 0 saturated heterocycles. The van der Waals surface area contributed by atoms with Crippen LogP contribution in [0.3, 0.4) is 0 Å². The van der Waals surface area contributed by atoms with Crippen LogP contribution in [0.5, 0.6) is 5.75 Å². The number of thioether (sulfide) groups is 1. The van der Waals surface area contributed by atoms with Gasteiger partial charge in [0.1, 0.15) is 0 Å². The molecule has 0 aliphatic carbocycles. The lowest BCUT2D eigenvalue weighted by atomic mass is 10.3. The third kappa shape index (κ3) is 4.44. The molecule has 0 unspecified atom stereocenters. The third-order valence-corrected chi connectivity index (χ3v) is 3.59. The largest absolute Gasteiger partial charge is 0.504 e. The van der Waals surface area contributed by atoms with Crippen molar-refractivity contribution in [2.45, 2.75) is 4.90 Å². The molecule has 110 valence electrons. The highest BCUT2D eigenvalue weighted by Crippen LogP contribution is 2.30. The van der Waals surface area contributed by atoms with Crippen LogP contribution >= 0.6 is 11.8 Å². The van der Waals surface area contributed by atoms with Gasteiger partial charge in [-0.2, -0.15) is 0 Å². The first-order valence-electron chi connectivity index (χ1n) is 6.28. The minimum absolute atomic E-state index is 0.0363. The molecule has 0 bridgehead atoms. The molecule has 21 heavy (non-hydrogen) atoms. The molecule has 1 aromatic carbocycles. The van der Waals surface area contributed by atoms with Gasteiger partial charge in [0.05, 0.1) is 12.3 Å². The molecule has 6 nitrogen and oxygen atoms in total. The smallest absolute Gasteiger partial charge is 0.176 e. The minimum Gasteiger partial charge on any atom is -0.504 e. The van der Waals surface area contributed by atoms with E-state index in [0.29, 0.717) is 12.4 Å². The molecule has 0 spiro atoms. The molecule has 0 atom stereocenters. The fraction of sp³-hybridized carbons (Fsp3) is 0.214. The predicted molar refractivity (Wildman–Crippen MR) is 83.5 cm³/mol. The van der Waals surface area contributed by atoms with Crippen molar-refractivity contribution in [1.29, 1.82) is 0 Å². The minimum atomic E-state index is -0.0653. The molecule has 0 saturated carbocycles. The average molecular weight is 304 g/mol. The number of rotatable bonds is 6. The van der Waals surface area contributed by atoms with Crippen LogP contribution in [0.15, 0.2) is 51.5 Å². The standard InChI is InChI=1S/C14H16N4O2S/c1-20-8-9-21-12-5-3-2-4-10(12)17-18-13-7-6-11(19)14(15)16-13/h2-7,19H,8-9H2,1H3,(H2,15,16). The Kier molecular flexibility index (Phi) is 5.53. The highest BCUT2D eigenvalue weighted by atomic mass is 32.2. The maximum Gasteiger partial charge on any atom is 0.176 e. The molecule has 3 N–H and O–H groups in total. The Bertz CT molecular complexity index is 634. The summed E-state index contributed by atoms with van der Waals surface area (Å²) in [5.74, 6) is 1.16. The summed E-state index contributed by atoms with van der Waals surface area (Å²) in [6, 6.07) is 10.7. The second-order valence-electron chi connectivity index (χ2n) is 4.08. The summed E-state index contributed by atoms with van der Waals surface area (Å²) in [5.41, 5.74) is 6.28. The topological polar surface area (TPSA) is 93.1 Å². The number of benzene rings is 1. The number of azo groups is 1. The molecule has 7 heteroatoms. The molecule has 2 aromatic rings. The van der Waals surface area contributed by atoms with Crippen LogP contribution in [-0.2, 0) is 4.74 Å². The molecule has 0 radical (unpaired) electrons. The van der Waals surface area contributed by atoms with Gasteiger partial charge in [-0.1, -0.05) is 12.1 Å². The first kappa shape index (κ1) is 15.3. The maximum absolute atomic E-state index is 9.32. The Morgan fingerprint density at radius 1 is 1.24 bits per heavy atom. The Balaban J connectivity index is 2.14. The Labute approximate surface area is 127 Å². The predicted octanol–water partition coefficient (Wildman–Crippen LogP) is 3.52. The number of hydrogen-bond donors (Lipinski definition) is 2. The van der Waals surface area contributed by atoms with Crippen molar-refractivity contribution in [1.82, 2.24) is 4.98 Å². The van der Waals surface area contributed by atoms with Gasteiger partial charge >= 0.3 is 0 Å². The van der Waals surface area contributed by atoms with E-state index in [9.17, 15) is 5.11 Å². The average Bonchev–Trinajstić information content (AvgIpc) is 2.50. The first-order chi connectivity index (χ1) is 10.2. The van der Waals surface area contributed by atoms with Gasteiger partial charge < -0.3 is 15.6 Å². The first-order valence-corrected chi connectivity index (χ1v) is 7.27. The van der Waals surface area contributed by atoms with Gasteiger partial charge in [-0.25, -0.2) is 4.98 Å². The Hall–Kier alpha value is -2.12. The lowest BCUT2D eigenvalue weighted by Crippen LogP contribution is -1.91. The van der Waals surface area contributed by atoms with Crippen LogP contribution < -0.4 is 5.73 Å². The molecular formula is C14H16N4O2S. The lowest BCUT2D eigenvalue weighted by Gasteiger charge is -2.04. The summed E-state index contributed by atoms with van der Waals surface area (Å²) in [6.07, 6.45) is 0. The molecule has 0 fully saturated rings. The van der Waals surface area contributed by atoms with Crippen LogP contribution in [0.2, 0.25) is 0 Å². The van der Waals surface area contributed by atoms with Gasteiger partial charge in [-0.15, -0.1) is 22.0 Å². The van der Waals surface area contributed by atoms with Crippen molar-refractivity contribution >= 4 is 29.1 Å². The second-order valence-corrected chi connectivity index (χ2v) is 5.22. The summed E-state index contributed by atoms with van der Waals surface area (Å²) < 4.78 is 5.03. The fourth-order valence-electron chi connectivity index (χ4n) is 1.51. The number of ether oxygens (including phenoxy) is 1. The quantitative estimate of drug-likeness (QED) is 0.484. The zero-order chi connectivity index (χ0) is 15.1. The number of nitrogens with two attached hydrogens (primary N) is 1. The molecule has 0 amide bonds. The van der Waals surface area contributed by atoms with Crippen LogP contribution in [-0.4, -0.2) is 29.6 Å². The van der Waals surface area contributed by atoms with E-state index in [-0.39, 0.29) is 11.6 Å². The number of nitrogens with zero attached hydrogens (tertiary/aromatic N) is 3. The van der Waals surface area contributed by atoms with Crippen molar-refractivity contribution in [3.8, 4) is 5.75 Å². The van der Waals surface area contributed by atoms with E-state index in [1.807, 2.05) is 24.3 Å². The molecular weight excluding hydrogens is 288 g/mol. The zero-order valence-electron chi connectivity index (χ0n) is 11.6. The van der Waals surface area contributed by atoms with E-state index in [1.165, 1.54) is 6.07 Å². The van der Waals surface area contributed by atoms with Crippen LogP contribution in [0.1, 0.15) is 0 Å². The Morgan fingerprint density at radius 3 is 2.81 bits per heavy atom. The number of anilines is 1. The summed E-state index contributed by atoms with van der Waals surface area (Å²) in [7, 11) is 1.67. The van der Waals surface area contributed by atoms with Crippen molar-refractivity contribution in [2.24, 2.45) is 10.2 Å². The normalized spacial score (nSPS) is 11.1. The highest BCUT2D eigenvalue weighted by molar-refractivity contribution is 7.99. The SMILES string of the molecule is COCCSc1ccccc1N=Nc1ccc(O)c(N)n1. The van der Waals surface area contributed by atoms with Crippen LogP contribution in [0.4, 0.5) is 17.3 Å². The van der Waals surface area contributed by atoms with E-state index in [2.05, 4.69) is 15.2 Å². The number of aromatic nitrogens is 1. The monoisotopic (exact) mass is 304 g/mol. The lowest BCUT2D eigenvalue weighted by molar-refractivity contribution is 0.218. The van der Waals surface area contributed by atoms with E-state index >= 15 is 0 Å². The van der Waals surface area contributed by atoms with Gasteiger partial charge in [0.25, 0.3) is 0 Å². The molecule has 1 aromatic heterocycles. The number of hydrogen-bond acceptors (Lipinski definition) is 7. The Morgan fingerprint density at radius 2 is 2.05 bits per heavy atom. The van der Waals surface area contributed by atoms with Gasteiger partial charge in [-0.05, 0) is 24.3 Å². The van der Waals surface area contributed by atoms with Crippen LogP contribution in [0.25, 0.3) is 0 Å². The summed E-state index contributed by atoms with van der Waals surface area (Å²) >= 11 is 1.65. The van der Waals surface area contributed by atoms with Crippen molar-refractivity contribution in [2.75, 3.05) is 25.2 Å². The van der Waals surface area contributed by atoms with Crippen LogP contribution in [0, 0.1) is 0 Å². The second kappa shape index (κ2) is 7.61. The summed E-state index contributed by atoms with van der Waals surface area (Å²) in [5, 5.41) is 17.6. The third-order valence-electron chi connectivity index (χ3n) is 2.56. The van der Waals surface area contributed by atoms with Crippen molar-refractivity contribution in [3.63, 3.8) is 0 Å². The molecule has 0 aliphatic rings. The van der Waals surface area contributed by atoms with Gasteiger partial charge in [0.15, 0.2) is 17.4 Å². The van der Waals surface area contributed by atoms with E-state index in [0.717, 1.165) is 16.3 Å². The zero-order valence-corrected chi connectivity index (χ0v) is 12.4. The van der Waals surface area contributed by atoms with E-state index in [1.54, 1.807) is 24.9 Å². The highest BCUT2D eigenvalue weighted by Gasteiger charge is 2.03. The fourth-order valence-corrected chi connectivity index (χ4v) is 2.42. The summed E-state index contributed by atoms with van der Waals surface area (Å²) in [6.45, 7) is 0.673. The maximum atomic E-state index is 9.32.